The fourth-order valence-corrected chi connectivity index (χ4v) is 2.56. The highest BCUT2D eigenvalue weighted by Gasteiger charge is 2.11. The molecular weight excluding hydrogens is 286 g/mol. The van der Waals surface area contributed by atoms with Gasteiger partial charge in [-0.3, -0.25) is 4.79 Å². The molecule has 0 fully saturated rings. The topological polar surface area (TPSA) is 44.4 Å². The van der Waals surface area contributed by atoms with E-state index in [4.69, 9.17) is 0 Å². The summed E-state index contributed by atoms with van der Waals surface area (Å²) in [6.45, 7) is 2.93. The molecule has 4 nitrogen and oxygen atoms in total. The van der Waals surface area contributed by atoms with Gasteiger partial charge in [0.05, 0.1) is 0 Å². The van der Waals surface area contributed by atoms with Crippen molar-refractivity contribution >= 4 is 11.6 Å². The highest BCUT2D eigenvalue weighted by molar-refractivity contribution is 5.93. The van der Waals surface area contributed by atoms with Crippen molar-refractivity contribution in [3.8, 4) is 0 Å². The summed E-state index contributed by atoms with van der Waals surface area (Å²) < 4.78 is 0. The number of benzene rings is 2. The first-order valence-corrected chi connectivity index (χ1v) is 7.83. The number of nitrogens with one attached hydrogen (secondary N) is 2. The van der Waals surface area contributed by atoms with Crippen LogP contribution in [0.4, 0.5) is 5.69 Å². The molecule has 0 bridgehead atoms. The first-order chi connectivity index (χ1) is 11.0. The lowest BCUT2D eigenvalue weighted by atomic mass is 10.0. The molecule has 0 heterocycles. The Morgan fingerprint density at radius 1 is 1.09 bits per heavy atom. The van der Waals surface area contributed by atoms with Crippen molar-refractivity contribution in [2.45, 2.75) is 19.5 Å². The minimum Gasteiger partial charge on any atom is -0.377 e. The minimum absolute atomic E-state index is 0.0576. The second-order valence-corrected chi connectivity index (χ2v) is 5.83. The fourth-order valence-electron chi connectivity index (χ4n) is 2.56. The van der Waals surface area contributed by atoms with E-state index < -0.39 is 0 Å². The molecule has 0 aliphatic carbocycles. The van der Waals surface area contributed by atoms with Gasteiger partial charge < -0.3 is 15.5 Å². The van der Waals surface area contributed by atoms with Crippen LogP contribution in [0.1, 0.15) is 34.5 Å². The van der Waals surface area contributed by atoms with Crippen LogP contribution in [0.5, 0.6) is 0 Å². The van der Waals surface area contributed by atoms with Crippen molar-refractivity contribution in [1.29, 1.82) is 0 Å². The third-order valence-corrected chi connectivity index (χ3v) is 3.94. The summed E-state index contributed by atoms with van der Waals surface area (Å²) in [6, 6.07) is 16.3. The Balaban J connectivity index is 2.02. The molecule has 122 valence electrons. The van der Waals surface area contributed by atoms with Gasteiger partial charge in [-0.25, -0.2) is 0 Å². The minimum atomic E-state index is -0.0576. The van der Waals surface area contributed by atoms with Crippen molar-refractivity contribution in [3.63, 3.8) is 0 Å². The Bertz CT molecular complexity index is 650. The maximum absolute atomic E-state index is 11.5. The van der Waals surface area contributed by atoms with Crippen molar-refractivity contribution in [1.82, 2.24) is 10.6 Å². The van der Waals surface area contributed by atoms with Crippen LogP contribution in [0, 0.1) is 0 Å². The Labute approximate surface area is 138 Å². The molecule has 4 heteroatoms. The number of rotatable bonds is 6. The van der Waals surface area contributed by atoms with Crippen molar-refractivity contribution in [2.75, 3.05) is 26.0 Å². The highest BCUT2D eigenvalue weighted by atomic mass is 16.1. The van der Waals surface area contributed by atoms with Crippen LogP contribution in [0.3, 0.4) is 0 Å². The van der Waals surface area contributed by atoms with E-state index in [1.165, 1.54) is 11.3 Å². The van der Waals surface area contributed by atoms with Gasteiger partial charge in [0, 0.05) is 45.0 Å². The fraction of sp³-hybridized carbons (Fsp3) is 0.316. The molecule has 0 radical (unpaired) electrons. The largest absolute Gasteiger partial charge is 0.377 e. The number of carbonyl (C=O) groups excluding carboxylic acids is 1. The van der Waals surface area contributed by atoms with E-state index in [-0.39, 0.29) is 11.9 Å². The second kappa shape index (κ2) is 7.79. The van der Waals surface area contributed by atoms with Crippen molar-refractivity contribution < 1.29 is 4.79 Å². The summed E-state index contributed by atoms with van der Waals surface area (Å²) in [5.74, 6) is -0.0576. The molecule has 0 saturated carbocycles. The van der Waals surface area contributed by atoms with Crippen LogP contribution >= 0.6 is 0 Å². The monoisotopic (exact) mass is 311 g/mol. The van der Waals surface area contributed by atoms with E-state index in [2.05, 4.69) is 60.8 Å². The first kappa shape index (κ1) is 17.0. The lowest BCUT2D eigenvalue weighted by molar-refractivity contribution is 0.0963. The van der Waals surface area contributed by atoms with Gasteiger partial charge in [-0.1, -0.05) is 30.3 Å². The standard InChI is InChI=1S/C19H25N3O/c1-14(17-7-5-6-8-18(17)22(3)4)21-13-15-9-11-16(12-10-15)19(23)20-2/h5-12,14,21H,13H2,1-4H3,(H,20,23). The molecule has 2 aromatic rings. The average molecular weight is 311 g/mol. The van der Waals surface area contributed by atoms with Crippen LogP contribution in [0.2, 0.25) is 0 Å². The van der Waals surface area contributed by atoms with Gasteiger partial charge in [0.2, 0.25) is 0 Å². The molecule has 0 aromatic heterocycles. The maximum Gasteiger partial charge on any atom is 0.251 e. The summed E-state index contributed by atoms with van der Waals surface area (Å²) in [5, 5.41) is 6.18. The Hall–Kier alpha value is -2.33. The zero-order chi connectivity index (χ0) is 16.8. The van der Waals surface area contributed by atoms with Gasteiger partial charge in [-0.2, -0.15) is 0 Å². The lowest BCUT2D eigenvalue weighted by Crippen LogP contribution is -2.21. The van der Waals surface area contributed by atoms with Crippen LogP contribution in [0.15, 0.2) is 48.5 Å². The summed E-state index contributed by atoms with van der Waals surface area (Å²) >= 11 is 0. The average Bonchev–Trinajstić information content (AvgIpc) is 2.59. The zero-order valence-electron chi connectivity index (χ0n) is 14.3. The quantitative estimate of drug-likeness (QED) is 0.862. The third kappa shape index (κ3) is 4.33. The smallest absolute Gasteiger partial charge is 0.251 e. The van der Waals surface area contributed by atoms with Crippen LogP contribution < -0.4 is 15.5 Å². The molecule has 2 N–H and O–H groups in total. The van der Waals surface area contributed by atoms with Crippen molar-refractivity contribution in [3.05, 3.63) is 65.2 Å². The van der Waals surface area contributed by atoms with Gasteiger partial charge >= 0.3 is 0 Å². The van der Waals surface area contributed by atoms with E-state index in [0.29, 0.717) is 5.56 Å². The number of para-hydroxylation sites is 1. The lowest BCUT2D eigenvalue weighted by Gasteiger charge is -2.22. The Morgan fingerprint density at radius 2 is 1.74 bits per heavy atom. The van der Waals surface area contributed by atoms with E-state index in [9.17, 15) is 4.79 Å². The van der Waals surface area contributed by atoms with E-state index in [1.54, 1.807) is 7.05 Å². The molecule has 2 aromatic carbocycles. The van der Waals surface area contributed by atoms with Gasteiger partial charge in [-0.05, 0) is 36.2 Å². The van der Waals surface area contributed by atoms with E-state index >= 15 is 0 Å². The summed E-state index contributed by atoms with van der Waals surface area (Å²) in [6.07, 6.45) is 0. The summed E-state index contributed by atoms with van der Waals surface area (Å²) in [5.41, 5.74) is 4.34. The van der Waals surface area contributed by atoms with Gasteiger partial charge in [-0.15, -0.1) is 0 Å². The van der Waals surface area contributed by atoms with Gasteiger partial charge in [0.1, 0.15) is 0 Å². The normalized spacial score (nSPS) is 11.8. The van der Waals surface area contributed by atoms with E-state index in [0.717, 1.165) is 12.1 Å². The number of hydrogen-bond acceptors (Lipinski definition) is 3. The summed E-state index contributed by atoms with van der Waals surface area (Å²) in [4.78, 5) is 13.7. The van der Waals surface area contributed by atoms with Gasteiger partial charge in [0.15, 0.2) is 0 Å². The molecule has 0 saturated heterocycles. The molecule has 23 heavy (non-hydrogen) atoms. The number of anilines is 1. The molecule has 0 aliphatic heterocycles. The predicted molar refractivity (Wildman–Crippen MR) is 95.9 cm³/mol. The second-order valence-electron chi connectivity index (χ2n) is 5.83. The predicted octanol–water partition coefficient (Wildman–Crippen LogP) is 2.96. The maximum atomic E-state index is 11.5. The molecular formula is C19H25N3O. The third-order valence-electron chi connectivity index (χ3n) is 3.94. The molecule has 2 rings (SSSR count). The van der Waals surface area contributed by atoms with Crippen LogP contribution in [-0.4, -0.2) is 27.1 Å². The molecule has 0 spiro atoms. The van der Waals surface area contributed by atoms with Gasteiger partial charge in [0.25, 0.3) is 5.91 Å². The number of nitrogens with zero attached hydrogens (tertiary/aromatic N) is 1. The number of hydrogen-bond donors (Lipinski definition) is 2. The van der Waals surface area contributed by atoms with Crippen LogP contribution in [0.25, 0.3) is 0 Å². The Kier molecular flexibility index (Phi) is 5.77. The molecule has 1 unspecified atom stereocenters. The van der Waals surface area contributed by atoms with Crippen LogP contribution in [-0.2, 0) is 6.54 Å². The first-order valence-electron chi connectivity index (χ1n) is 7.83. The SMILES string of the molecule is CNC(=O)c1ccc(CNC(C)c2ccccc2N(C)C)cc1. The molecule has 1 atom stereocenters. The van der Waals surface area contributed by atoms with E-state index in [1.807, 2.05) is 24.3 Å². The van der Waals surface area contributed by atoms with Crippen molar-refractivity contribution in [2.24, 2.45) is 0 Å². The Morgan fingerprint density at radius 3 is 2.35 bits per heavy atom. The number of carbonyl (C=O) groups is 1. The zero-order valence-corrected chi connectivity index (χ0v) is 14.3. The molecule has 1 amide bonds. The number of amides is 1. The molecule has 0 aliphatic rings. The summed E-state index contributed by atoms with van der Waals surface area (Å²) in [7, 11) is 5.76. The highest BCUT2D eigenvalue weighted by Crippen LogP contribution is 2.24.